The van der Waals surface area contributed by atoms with E-state index in [1.807, 2.05) is 19.3 Å². The van der Waals surface area contributed by atoms with E-state index in [1.54, 1.807) is 41.0 Å². The Morgan fingerprint density at radius 1 is 1.16 bits per heavy atom. The molecule has 0 spiro atoms. The highest BCUT2D eigenvalue weighted by molar-refractivity contribution is 6.03. The number of rotatable bonds is 3. The van der Waals surface area contributed by atoms with E-state index in [9.17, 15) is 9.18 Å². The number of aryl methyl sites for hydroxylation is 1. The van der Waals surface area contributed by atoms with Crippen LogP contribution in [0, 0.1) is 5.82 Å². The number of aromatic nitrogens is 2. The topological polar surface area (TPSA) is 60.1 Å². The highest BCUT2D eigenvalue weighted by Gasteiger charge is 2.12. The molecule has 2 heterocycles. The highest BCUT2D eigenvalue weighted by Crippen LogP contribution is 2.26. The lowest BCUT2D eigenvalue weighted by atomic mass is 10.2. The molecule has 4 rings (SSSR count). The van der Waals surface area contributed by atoms with Gasteiger partial charge in [-0.25, -0.2) is 9.37 Å². The molecule has 1 amide bonds. The molecule has 2 aromatic carbocycles. The Bertz CT molecular complexity index is 1060. The molecule has 0 aliphatic rings. The van der Waals surface area contributed by atoms with Gasteiger partial charge in [-0.1, -0.05) is 0 Å². The summed E-state index contributed by atoms with van der Waals surface area (Å²) >= 11 is 0. The summed E-state index contributed by atoms with van der Waals surface area (Å²) < 4.78 is 20.5. The van der Waals surface area contributed by atoms with Crippen molar-refractivity contribution in [1.29, 1.82) is 0 Å². The van der Waals surface area contributed by atoms with Crippen LogP contribution in [0.25, 0.3) is 22.6 Å². The molecule has 6 heteroatoms. The third kappa shape index (κ3) is 2.89. The molecule has 0 fully saturated rings. The fraction of sp³-hybridized carbons (Fsp3) is 0.0526. The molecule has 5 nitrogen and oxygen atoms in total. The third-order valence-electron chi connectivity index (χ3n) is 3.91. The van der Waals surface area contributed by atoms with Gasteiger partial charge in [-0.2, -0.15) is 0 Å². The monoisotopic (exact) mass is 335 g/mol. The van der Waals surface area contributed by atoms with Gasteiger partial charge in [-0.05, 0) is 48.5 Å². The molecule has 124 valence electrons. The Kier molecular flexibility index (Phi) is 3.57. The molecular weight excluding hydrogens is 321 g/mol. The van der Waals surface area contributed by atoms with E-state index in [2.05, 4.69) is 10.3 Å². The van der Waals surface area contributed by atoms with Crippen molar-refractivity contribution in [3.8, 4) is 11.5 Å². The average molecular weight is 335 g/mol. The largest absolute Gasteiger partial charge is 0.436 e. The van der Waals surface area contributed by atoms with Crippen molar-refractivity contribution in [2.75, 3.05) is 5.32 Å². The number of fused-ring (bicyclic) bond motifs is 1. The van der Waals surface area contributed by atoms with Crippen molar-refractivity contribution < 1.29 is 13.6 Å². The van der Waals surface area contributed by atoms with Crippen LogP contribution in [0.15, 0.2) is 65.2 Å². The van der Waals surface area contributed by atoms with E-state index in [-0.39, 0.29) is 11.7 Å². The maximum Gasteiger partial charge on any atom is 0.272 e. The van der Waals surface area contributed by atoms with E-state index in [0.717, 1.165) is 0 Å². The van der Waals surface area contributed by atoms with E-state index in [0.29, 0.717) is 33.9 Å². The molecule has 0 bridgehead atoms. The second-order valence-electron chi connectivity index (χ2n) is 5.67. The summed E-state index contributed by atoms with van der Waals surface area (Å²) in [5.74, 6) is -0.114. The first-order valence-electron chi connectivity index (χ1n) is 7.69. The van der Waals surface area contributed by atoms with Crippen LogP contribution in [0.5, 0.6) is 0 Å². The standard InChI is InChI=1S/C19H14FN3O2/c1-23-10-2-3-16(23)18(24)21-14-8-9-15-17(11-14)25-19(22-15)12-4-6-13(20)7-5-12/h2-11H,1H3,(H,21,24). The van der Waals surface area contributed by atoms with Crippen LogP contribution in [-0.2, 0) is 7.05 Å². The number of carbonyl (C=O) groups is 1. The minimum atomic E-state index is -0.314. The highest BCUT2D eigenvalue weighted by atomic mass is 19.1. The minimum Gasteiger partial charge on any atom is -0.436 e. The molecule has 2 aromatic heterocycles. The maximum absolute atomic E-state index is 13.0. The summed E-state index contributed by atoms with van der Waals surface area (Å²) in [7, 11) is 1.81. The van der Waals surface area contributed by atoms with Crippen molar-refractivity contribution >= 4 is 22.7 Å². The summed E-state index contributed by atoms with van der Waals surface area (Å²) in [5.41, 5.74) is 3.07. The maximum atomic E-state index is 13.0. The van der Waals surface area contributed by atoms with Crippen LogP contribution in [0.2, 0.25) is 0 Å². The lowest BCUT2D eigenvalue weighted by molar-refractivity contribution is 0.101. The molecule has 0 saturated carbocycles. The van der Waals surface area contributed by atoms with Crippen molar-refractivity contribution in [1.82, 2.24) is 9.55 Å². The van der Waals surface area contributed by atoms with Gasteiger partial charge in [0, 0.05) is 30.6 Å². The fourth-order valence-corrected chi connectivity index (χ4v) is 2.61. The van der Waals surface area contributed by atoms with Gasteiger partial charge in [0.1, 0.15) is 17.0 Å². The first-order valence-corrected chi connectivity index (χ1v) is 7.69. The third-order valence-corrected chi connectivity index (χ3v) is 3.91. The molecule has 0 unspecified atom stereocenters. The van der Waals surface area contributed by atoms with E-state index in [4.69, 9.17) is 4.42 Å². The first kappa shape index (κ1) is 15.1. The Balaban J connectivity index is 1.63. The molecule has 1 N–H and O–H groups in total. The van der Waals surface area contributed by atoms with Crippen LogP contribution >= 0.6 is 0 Å². The lowest BCUT2D eigenvalue weighted by Gasteiger charge is -2.05. The zero-order chi connectivity index (χ0) is 17.4. The molecule has 25 heavy (non-hydrogen) atoms. The Morgan fingerprint density at radius 2 is 1.96 bits per heavy atom. The van der Waals surface area contributed by atoms with Crippen LogP contribution in [0.1, 0.15) is 10.5 Å². The van der Waals surface area contributed by atoms with Crippen LogP contribution < -0.4 is 5.32 Å². The molecule has 0 atom stereocenters. The van der Waals surface area contributed by atoms with Gasteiger partial charge in [0.05, 0.1) is 0 Å². The second-order valence-corrected chi connectivity index (χ2v) is 5.67. The number of anilines is 1. The number of carbonyl (C=O) groups excluding carboxylic acids is 1. The predicted octanol–water partition coefficient (Wildman–Crippen LogP) is 4.22. The number of amides is 1. The van der Waals surface area contributed by atoms with E-state index < -0.39 is 0 Å². The van der Waals surface area contributed by atoms with Crippen LogP contribution in [0.3, 0.4) is 0 Å². The smallest absolute Gasteiger partial charge is 0.272 e. The molecule has 0 aliphatic heterocycles. The molecule has 0 aliphatic carbocycles. The lowest BCUT2D eigenvalue weighted by Crippen LogP contribution is -2.15. The van der Waals surface area contributed by atoms with Gasteiger partial charge in [0.15, 0.2) is 5.58 Å². The summed E-state index contributed by atoms with van der Waals surface area (Å²) in [6.07, 6.45) is 1.81. The van der Waals surface area contributed by atoms with Crippen molar-refractivity contribution in [2.45, 2.75) is 0 Å². The quantitative estimate of drug-likeness (QED) is 0.610. The normalized spacial score (nSPS) is 11.0. The molecule has 0 radical (unpaired) electrons. The summed E-state index contributed by atoms with van der Waals surface area (Å²) in [4.78, 5) is 16.7. The summed E-state index contributed by atoms with van der Waals surface area (Å²) in [6, 6.07) is 14.7. The number of hydrogen-bond donors (Lipinski definition) is 1. The first-order chi connectivity index (χ1) is 12.1. The van der Waals surface area contributed by atoms with Crippen LogP contribution in [-0.4, -0.2) is 15.5 Å². The number of oxazole rings is 1. The minimum absolute atomic E-state index is 0.204. The number of nitrogens with one attached hydrogen (secondary N) is 1. The zero-order valence-electron chi connectivity index (χ0n) is 13.4. The number of hydrogen-bond acceptors (Lipinski definition) is 3. The number of halogens is 1. The van der Waals surface area contributed by atoms with Gasteiger partial charge in [-0.3, -0.25) is 4.79 Å². The van der Waals surface area contributed by atoms with Gasteiger partial charge in [0.2, 0.25) is 5.89 Å². The van der Waals surface area contributed by atoms with Gasteiger partial charge in [0.25, 0.3) is 5.91 Å². The van der Waals surface area contributed by atoms with Crippen molar-refractivity contribution in [3.63, 3.8) is 0 Å². The number of nitrogens with zero attached hydrogens (tertiary/aromatic N) is 2. The van der Waals surface area contributed by atoms with Gasteiger partial charge >= 0.3 is 0 Å². The van der Waals surface area contributed by atoms with E-state index in [1.165, 1.54) is 12.1 Å². The van der Waals surface area contributed by atoms with E-state index >= 15 is 0 Å². The summed E-state index contributed by atoms with van der Waals surface area (Å²) in [6.45, 7) is 0. The van der Waals surface area contributed by atoms with Gasteiger partial charge < -0.3 is 14.3 Å². The van der Waals surface area contributed by atoms with Crippen molar-refractivity contribution in [2.24, 2.45) is 7.05 Å². The SMILES string of the molecule is Cn1cccc1C(=O)Nc1ccc2nc(-c3ccc(F)cc3)oc2c1. The Hall–Kier alpha value is -3.41. The Labute approximate surface area is 142 Å². The number of benzene rings is 2. The van der Waals surface area contributed by atoms with Crippen molar-refractivity contribution in [3.05, 3.63) is 72.3 Å². The Morgan fingerprint density at radius 3 is 2.68 bits per heavy atom. The van der Waals surface area contributed by atoms with Crippen LogP contribution in [0.4, 0.5) is 10.1 Å². The molecule has 4 aromatic rings. The summed E-state index contributed by atoms with van der Waals surface area (Å²) in [5, 5.41) is 2.84. The fourth-order valence-electron chi connectivity index (χ4n) is 2.61. The average Bonchev–Trinajstić information content (AvgIpc) is 3.21. The molecule has 0 saturated heterocycles. The second kappa shape index (κ2) is 5.90. The molecular formula is C19H14FN3O2. The van der Waals surface area contributed by atoms with Gasteiger partial charge in [-0.15, -0.1) is 0 Å². The predicted molar refractivity (Wildman–Crippen MR) is 92.8 cm³/mol. The zero-order valence-corrected chi connectivity index (χ0v) is 13.4.